The van der Waals surface area contributed by atoms with Crippen LogP contribution in [0.25, 0.3) is 0 Å². The monoisotopic (exact) mass is 414 g/mol. The van der Waals surface area contributed by atoms with E-state index >= 15 is 0 Å². The average molecular weight is 415 g/mol. The van der Waals surface area contributed by atoms with Gasteiger partial charge in [0.15, 0.2) is 5.79 Å². The van der Waals surface area contributed by atoms with Gasteiger partial charge in [0.25, 0.3) is 0 Å². The van der Waals surface area contributed by atoms with E-state index in [1.165, 1.54) is 5.06 Å². The van der Waals surface area contributed by atoms with Gasteiger partial charge in [0.05, 0.1) is 37.5 Å². The summed E-state index contributed by atoms with van der Waals surface area (Å²) in [6.45, 7) is 12.9. The Hall–Kier alpha value is -1.22. The maximum atomic E-state index is 13.2. The van der Waals surface area contributed by atoms with Crippen molar-refractivity contribution in [3.05, 3.63) is 0 Å². The maximum absolute atomic E-state index is 13.2. The van der Waals surface area contributed by atoms with Crippen molar-refractivity contribution in [3.63, 3.8) is 0 Å². The van der Waals surface area contributed by atoms with Crippen molar-refractivity contribution >= 4 is 11.9 Å². The summed E-state index contributed by atoms with van der Waals surface area (Å²) in [4.78, 5) is 25.3. The normalized spacial score (nSPS) is 34.0. The molecule has 2 aliphatic heterocycles. The Bertz CT molecular complexity index is 596. The van der Waals surface area contributed by atoms with Crippen LogP contribution in [0.4, 0.5) is 0 Å². The second-order valence-electron chi connectivity index (χ2n) is 8.67. The Kier molecular flexibility index (Phi) is 7.04. The van der Waals surface area contributed by atoms with Gasteiger partial charge in [0.1, 0.15) is 0 Å². The number of nitrogens with zero attached hydrogens (tertiary/aromatic N) is 1. The van der Waals surface area contributed by atoms with Crippen molar-refractivity contribution in [2.24, 2.45) is 11.3 Å². The molecule has 8 heteroatoms. The van der Waals surface area contributed by atoms with Crippen molar-refractivity contribution in [3.8, 4) is 0 Å². The molecule has 0 aromatic heterocycles. The van der Waals surface area contributed by atoms with E-state index in [-0.39, 0.29) is 32.3 Å². The molecule has 1 radical (unpaired) electrons. The summed E-state index contributed by atoms with van der Waals surface area (Å²) in [6, 6.07) is 0. The van der Waals surface area contributed by atoms with Crippen molar-refractivity contribution in [2.75, 3.05) is 26.4 Å². The lowest BCUT2D eigenvalue weighted by Crippen LogP contribution is -2.73. The van der Waals surface area contributed by atoms with Gasteiger partial charge in [-0.25, -0.2) is 0 Å². The summed E-state index contributed by atoms with van der Waals surface area (Å²) in [5.74, 6) is -2.77. The molecule has 0 N–H and O–H groups in total. The number of hydroxylamine groups is 2. The van der Waals surface area contributed by atoms with Crippen LogP contribution in [-0.4, -0.2) is 60.3 Å². The molecular weight excluding hydrogens is 378 g/mol. The number of hydrogen-bond donors (Lipinski definition) is 0. The highest BCUT2D eigenvalue weighted by atomic mass is 16.7. The van der Waals surface area contributed by atoms with Gasteiger partial charge in [-0.15, -0.1) is 10.3 Å². The second kappa shape index (κ2) is 8.49. The van der Waals surface area contributed by atoms with Gasteiger partial charge in [-0.3, -0.25) is 9.59 Å². The van der Waals surface area contributed by atoms with Crippen molar-refractivity contribution in [1.82, 2.24) is 5.06 Å². The Morgan fingerprint density at radius 3 is 1.83 bits per heavy atom. The number of carbonyl (C=O) groups is 2. The molecule has 167 valence electrons. The topological polar surface area (TPSA) is 94.2 Å². The number of carbonyl (C=O) groups excluding carboxylic acids is 2. The molecule has 0 aliphatic carbocycles. The van der Waals surface area contributed by atoms with Crippen LogP contribution in [0.2, 0.25) is 0 Å². The summed E-state index contributed by atoms with van der Waals surface area (Å²) in [6.07, 6.45) is 1.58. The standard InChI is InChI=1S/C21H36NO7/c1-8-18(6)12-21(15(5)19(7,9-2)22(18)25)28-13-20(14-29-21,16(23)26-10-3)17(24)27-11-4/h15H,8-14H2,1-7H3. The van der Waals surface area contributed by atoms with Crippen LogP contribution in [0.1, 0.15) is 67.7 Å². The van der Waals surface area contributed by atoms with Gasteiger partial charge in [-0.2, -0.15) is 0 Å². The number of esters is 2. The maximum Gasteiger partial charge on any atom is 0.328 e. The minimum Gasteiger partial charge on any atom is -0.465 e. The number of ether oxygens (including phenoxy) is 4. The van der Waals surface area contributed by atoms with Crippen molar-refractivity contribution < 1.29 is 33.7 Å². The third-order valence-corrected chi connectivity index (χ3v) is 7.11. The van der Waals surface area contributed by atoms with Gasteiger partial charge in [-0.05, 0) is 40.5 Å². The van der Waals surface area contributed by atoms with E-state index in [0.717, 1.165) is 0 Å². The highest BCUT2D eigenvalue weighted by molar-refractivity contribution is 6.00. The first-order chi connectivity index (χ1) is 13.5. The van der Waals surface area contributed by atoms with Crippen LogP contribution in [0.5, 0.6) is 0 Å². The highest BCUT2D eigenvalue weighted by Crippen LogP contribution is 2.53. The molecule has 2 rings (SSSR count). The van der Waals surface area contributed by atoms with E-state index < -0.39 is 34.2 Å². The van der Waals surface area contributed by atoms with Gasteiger partial charge in [-0.1, -0.05) is 20.8 Å². The molecular formula is C21H36NO7. The zero-order chi connectivity index (χ0) is 22.1. The van der Waals surface area contributed by atoms with Crippen LogP contribution in [0, 0.1) is 11.3 Å². The lowest BCUT2D eigenvalue weighted by molar-refractivity contribution is -0.410. The second-order valence-corrected chi connectivity index (χ2v) is 8.67. The van der Waals surface area contributed by atoms with E-state index in [1.807, 2.05) is 34.6 Å². The van der Waals surface area contributed by atoms with E-state index in [4.69, 9.17) is 18.9 Å². The molecule has 0 bridgehead atoms. The summed E-state index contributed by atoms with van der Waals surface area (Å²) >= 11 is 0. The van der Waals surface area contributed by atoms with Crippen LogP contribution in [0.15, 0.2) is 0 Å². The molecule has 1 spiro atoms. The highest BCUT2D eigenvalue weighted by Gasteiger charge is 2.66. The Morgan fingerprint density at radius 1 is 0.966 bits per heavy atom. The van der Waals surface area contributed by atoms with Crippen molar-refractivity contribution in [1.29, 1.82) is 0 Å². The van der Waals surface area contributed by atoms with E-state index in [1.54, 1.807) is 13.8 Å². The van der Waals surface area contributed by atoms with Gasteiger partial charge < -0.3 is 18.9 Å². The lowest BCUT2D eigenvalue weighted by Gasteiger charge is -2.61. The molecule has 8 nitrogen and oxygen atoms in total. The van der Waals surface area contributed by atoms with Gasteiger partial charge in [0, 0.05) is 12.3 Å². The van der Waals surface area contributed by atoms with Gasteiger partial charge in [0.2, 0.25) is 5.41 Å². The number of rotatable bonds is 6. The zero-order valence-corrected chi connectivity index (χ0v) is 18.8. The SMILES string of the molecule is CCOC(=O)C1(C(=O)OCC)COC2(CC(C)(CC)N([O])C(C)(CC)C2C)OC1. The molecule has 2 fully saturated rings. The fourth-order valence-electron chi connectivity index (χ4n) is 4.52. The fourth-order valence-corrected chi connectivity index (χ4v) is 4.52. The molecule has 0 aromatic carbocycles. The molecule has 0 amide bonds. The fraction of sp³-hybridized carbons (Fsp3) is 0.905. The number of piperidine rings is 1. The molecule has 29 heavy (non-hydrogen) atoms. The molecule has 2 saturated heterocycles. The zero-order valence-electron chi connectivity index (χ0n) is 18.8. The predicted molar refractivity (Wildman–Crippen MR) is 104 cm³/mol. The molecule has 2 aliphatic rings. The van der Waals surface area contributed by atoms with Crippen LogP contribution < -0.4 is 0 Å². The summed E-state index contributed by atoms with van der Waals surface area (Å²) in [7, 11) is 0. The summed E-state index contributed by atoms with van der Waals surface area (Å²) in [5.41, 5.74) is -3.06. The van der Waals surface area contributed by atoms with E-state index in [0.29, 0.717) is 19.3 Å². The molecule has 3 unspecified atom stereocenters. The van der Waals surface area contributed by atoms with E-state index in [9.17, 15) is 14.8 Å². The Labute approximate surface area is 173 Å². The first-order valence-corrected chi connectivity index (χ1v) is 10.6. The third kappa shape index (κ3) is 3.69. The Balaban J connectivity index is 2.40. The minimum atomic E-state index is -1.66. The van der Waals surface area contributed by atoms with Crippen molar-refractivity contribution in [2.45, 2.75) is 84.6 Å². The summed E-state index contributed by atoms with van der Waals surface area (Å²) < 4.78 is 22.7. The first-order valence-electron chi connectivity index (χ1n) is 10.6. The Morgan fingerprint density at radius 2 is 1.45 bits per heavy atom. The largest absolute Gasteiger partial charge is 0.465 e. The van der Waals surface area contributed by atoms with Gasteiger partial charge >= 0.3 is 11.9 Å². The molecule has 2 heterocycles. The molecule has 0 aromatic rings. The van der Waals surface area contributed by atoms with E-state index in [2.05, 4.69) is 0 Å². The van der Waals surface area contributed by atoms with Crippen LogP contribution in [-0.2, 0) is 33.7 Å². The smallest absolute Gasteiger partial charge is 0.328 e. The van der Waals surface area contributed by atoms with Crippen LogP contribution >= 0.6 is 0 Å². The summed E-state index contributed by atoms with van der Waals surface area (Å²) in [5, 5.41) is 14.4. The third-order valence-electron chi connectivity index (χ3n) is 7.11. The number of hydrogen-bond acceptors (Lipinski definition) is 7. The van der Waals surface area contributed by atoms with Crippen LogP contribution in [0.3, 0.4) is 0 Å². The molecule has 0 saturated carbocycles. The first kappa shape index (κ1) is 24.1. The predicted octanol–water partition coefficient (Wildman–Crippen LogP) is 2.87. The lowest BCUT2D eigenvalue weighted by atomic mass is 9.67. The minimum absolute atomic E-state index is 0.133. The molecule has 3 atom stereocenters. The quantitative estimate of drug-likeness (QED) is 0.487. The average Bonchev–Trinajstić information content (AvgIpc) is 2.72.